The lowest BCUT2D eigenvalue weighted by Gasteiger charge is -2.26. The third kappa shape index (κ3) is 3.13. The molecule has 0 aliphatic carbocycles. The molecule has 0 bridgehead atoms. The van der Waals surface area contributed by atoms with Gasteiger partial charge in [-0.1, -0.05) is 0 Å². The summed E-state index contributed by atoms with van der Waals surface area (Å²) < 4.78 is 5.62. The number of hydrogen-bond donors (Lipinski definition) is 0. The van der Waals surface area contributed by atoms with Crippen molar-refractivity contribution in [2.24, 2.45) is 0 Å². The number of thiocyanates is 1. The molecule has 0 aromatic rings. The highest BCUT2D eigenvalue weighted by Gasteiger charge is 2.18. The van der Waals surface area contributed by atoms with Crippen molar-refractivity contribution in [2.75, 3.05) is 5.75 Å². The van der Waals surface area contributed by atoms with Crippen molar-refractivity contribution in [3.63, 3.8) is 0 Å². The van der Waals surface area contributed by atoms with Gasteiger partial charge in [0.25, 0.3) is 0 Å². The zero-order valence-corrected chi connectivity index (χ0v) is 7.56. The molecule has 0 unspecified atom stereocenters. The number of hydrogen-bond acceptors (Lipinski definition) is 3. The van der Waals surface area contributed by atoms with E-state index in [1.165, 1.54) is 24.6 Å². The second-order valence-corrected chi connectivity index (χ2v) is 3.71. The standard InChI is InChI=1S/C8H13NOS/c1-7-3-2-4-8(10-7)5-11-6-9/h7-8H,2-5H2,1H3/t7-,8+/m0/s1. The maximum atomic E-state index is 8.32. The zero-order valence-electron chi connectivity index (χ0n) is 6.75. The van der Waals surface area contributed by atoms with E-state index in [2.05, 4.69) is 12.3 Å². The second kappa shape index (κ2) is 4.63. The van der Waals surface area contributed by atoms with Crippen molar-refractivity contribution in [3.05, 3.63) is 0 Å². The quantitative estimate of drug-likeness (QED) is 0.597. The molecular weight excluding hydrogens is 158 g/mol. The molecule has 62 valence electrons. The summed E-state index contributed by atoms with van der Waals surface area (Å²) in [6, 6.07) is 0. The lowest BCUT2D eigenvalue weighted by atomic mass is 10.1. The monoisotopic (exact) mass is 171 g/mol. The van der Waals surface area contributed by atoms with Gasteiger partial charge < -0.3 is 4.74 Å². The summed E-state index contributed by atoms with van der Waals surface area (Å²) in [5, 5.41) is 10.4. The molecule has 0 saturated carbocycles. The summed E-state index contributed by atoms with van der Waals surface area (Å²) in [6.07, 6.45) is 4.27. The van der Waals surface area contributed by atoms with Crippen LogP contribution in [0, 0.1) is 10.7 Å². The first-order valence-corrected chi connectivity index (χ1v) is 4.98. The average Bonchev–Trinajstić information content (AvgIpc) is 2.01. The third-order valence-corrected chi connectivity index (χ3v) is 2.56. The Morgan fingerprint density at radius 2 is 2.45 bits per heavy atom. The molecule has 0 N–H and O–H groups in total. The number of nitrogens with zero attached hydrogens (tertiary/aromatic N) is 1. The topological polar surface area (TPSA) is 33.0 Å². The van der Waals surface area contributed by atoms with Gasteiger partial charge in [0.05, 0.1) is 12.2 Å². The first-order chi connectivity index (χ1) is 5.33. The fraction of sp³-hybridized carbons (Fsp3) is 0.875. The van der Waals surface area contributed by atoms with Gasteiger partial charge in [-0.15, -0.1) is 0 Å². The van der Waals surface area contributed by atoms with Crippen molar-refractivity contribution >= 4 is 11.8 Å². The van der Waals surface area contributed by atoms with Gasteiger partial charge in [-0.05, 0) is 37.9 Å². The molecule has 3 heteroatoms. The number of ether oxygens (including phenoxy) is 1. The lowest BCUT2D eigenvalue weighted by molar-refractivity contribution is -0.0266. The van der Waals surface area contributed by atoms with E-state index in [4.69, 9.17) is 10.00 Å². The summed E-state index contributed by atoms with van der Waals surface area (Å²) in [4.78, 5) is 0. The Balaban J connectivity index is 2.18. The highest BCUT2D eigenvalue weighted by molar-refractivity contribution is 8.03. The van der Waals surface area contributed by atoms with Crippen LogP contribution in [0.15, 0.2) is 0 Å². The van der Waals surface area contributed by atoms with E-state index in [0.29, 0.717) is 12.2 Å². The van der Waals surface area contributed by atoms with Crippen LogP contribution in [0.1, 0.15) is 26.2 Å². The van der Waals surface area contributed by atoms with Crippen molar-refractivity contribution in [1.29, 1.82) is 5.26 Å². The predicted molar refractivity (Wildman–Crippen MR) is 46.3 cm³/mol. The SMILES string of the molecule is C[C@H]1CCC[C@H](CSC#N)O1. The Morgan fingerprint density at radius 1 is 1.64 bits per heavy atom. The average molecular weight is 171 g/mol. The summed E-state index contributed by atoms with van der Waals surface area (Å²) in [5.74, 6) is 0.834. The van der Waals surface area contributed by atoms with Gasteiger partial charge in [0.1, 0.15) is 5.40 Å². The molecule has 0 aromatic heterocycles. The maximum Gasteiger partial charge on any atom is 0.133 e. The second-order valence-electron chi connectivity index (χ2n) is 2.90. The Bertz CT molecular complexity index is 155. The molecule has 2 atom stereocenters. The van der Waals surface area contributed by atoms with E-state index in [0.717, 1.165) is 12.2 Å². The van der Waals surface area contributed by atoms with Crippen LogP contribution in [0.3, 0.4) is 0 Å². The highest BCUT2D eigenvalue weighted by atomic mass is 32.2. The van der Waals surface area contributed by atoms with Gasteiger partial charge in [0.2, 0.25) is 0 Å². The van der Waals surface area contributed by atoms with Crippen molar-refractivity contribution in [2.45, 2.75) is 38.4 Å². The molecule has 1 fully saturated rings. The van der Waals surface area contributed by atoms with Crippen LogP contribution in [-0.2, 0) is 4.74 Å². The normalized spacial score (nSPS) is 31.3. The summed E-state index contributed by atoms with van der Waals surface area (Å²) in [7, 11) is 0. The number of rotatable bonds is 2. The fourth-order valence-corrected chi connectivity index (χ4v) is 1.86. The molecule has 1 heterocycles. The molecule has 1 aliphatic rings. The Morgan fingerprint density at radius 3 is 3.09 bits per heavy atom. The van der Waals surface area contributed by atoms with Gasteiger partial charge >= 0.3 is 0 Å². The molecule has 11 heavy (non-hydrogen) atoms. The minimum atomic E-state index is 0.323. The fourth-order valence-electron chi connectivity index (χ4n) is 1.35. The maximum absolute atomic E-state index is 8.32. The van der Waals surface area contributed by atoms with Gasteiger partial charge in [-0.25, -0.2) is 0 Å². The van der Waals surface area contributed by atoms with Crippen LogP contribution >= 0.6 is 11.8 Å². The Kier molecular flexibility index (Phi) is 3.74. The highest BCUT2D eigenvalue weighted by Crippen LogP contribution is 2.20. The number of thioether (sulfide) groups is 1. The largest absolute Gasteiger partial charge is 0.374 e. The number of nitriles is 1. The van der Waals surface area contributed by atoms with E-state index in [1.807, 2.05) is 0 Å². The van der Waals surface area contributed by atoms with E-state index in [9.17, 15) is 0 Å². The van der Waals surface area contributed by atoms with Crippen molar-refractivity contribution < 1.29 is 4.74 Å². The van der Waals surface area contributed by atoms with E-state index < -0.39 is 0 Å². The molecule has 2 nitrogen and oxygen atoms in total. The molecule has 0 amide bonds. The smallest absolute Gasteiger partial charge is 0.133 e. The summed E-state index contributed by atoms with van der Waals surface area (Å²) in [6.45, 7) is 2.10. The van der Waals surface area contributed by atoms with Gasteiger partial charge in [-0.2, -0.15) is 5.26 Å². The minimum absolute atomic E-state index is 0.323. The molecular formula is C8H13NOS. The molecule has 0 spiro atoms. The molecule has 1 saturated heterocycles. The van der Waals surface area contributed by atoms with Crippen molar-refractivity contribution in [3.8, 4) is 5.40 Å². The molecule has 1 aliphatic heterocycles. The van der Waals surface area contributed by atoms with E-state index >= 15 is 0 Å². The van der Waals surface area contributed by atoms with Gasteiger partial charge in [0, 0.05) is 5.75 Å². The Hall–Kier alpha value is -0.200. The van der Waals surface area contributed by atoms with Gasteiger partial charge in [0.15, 0.2) is 0 Å². The van der Waals surface area contributed by atoms with Crippen LogP contribution < -0.4 is 0 Å². The van der Waals surface area contributed by atoms with Crippen LogP contribution in [-0.4, -0.2) is 18.0 Å². The van der Waals surface area contributed by atoms with E-state index in [1.54, 1.807) is 0 Å². The van der Waals surface area contributed by atoms with Crippen LogP contribution in [0.2, 0.25) is 0 Å². The van der Waals surface area contributed by atoms with Crippen LogP contribution in [0.25, 0.3) is 0 Å². The molecule has 0 aromatic carbocycles. The van der Waals surface area contributed by atoms with Gasteiger partial charge in [-0.3, -0.25) is 0 Å². The summed E-state index contributed by atoms with van der Waals surface area (Å²) in [5.41, 5.74) is 0. The minimum Gasteiger partial charge on any atom is -0.374 e. The first-order valence-electron chi connectivity index (χ1n) is 3.99. The van der Waals surface area contributed by atoms with Crippen LogP contribution in [0.5, 0.6) is 0 Å². The lowest BCUT2D eigenvalue weighted by Crippen LogP contribution is -2.26. The first kappa shape index (κ1) is 8.89. The summed E-state index contributed by atoms with van der Waals surface area (Å²) >= 11 is 1.30. The predicted octanol–water partition coefficient (Wildman–Crippen LogP) is 2.16. The van der Waals surface area contributed by atoms with Crippen molar-refractivity contribution in [1.82, 2.24) is 0 Å². The van der Waals surface area contributed by atoms with E-state index in [-0.39, 0.29) is 0 Å². The molecule has 0 radical (unpaired) electrons. The van der Waals surface area contributed by atoms with Crippen LogP contribution in [0.4, 0.5) is 0 Å². The molecule has 1 rings (SSSR count). The Labute approximate surface area is 71.9 Å². The third-order valence-electron chi connectivity index (χ3n) is 1.90. The zero-order chi connectivity index (χ0) is 8.10.